The van der Waals surface area contributed by atoms with Crippen LogP contribution in [0, 0.1) is 10.1 Å². The first-order chi connectivity index (χ1) is 9.54. The zero-order valence-corrected chi connectivity index (χ0v) is 11.3. The maximum atomic E-state index is 11.2. The fourth-order valence-electron chi connectivity index (χ4n) is 1.66. The molecule has 1 amide bonds. The minimum atomic E-state index is -0.759. The lowest BCUT2D eigenvalue weighted by atomic mass is 10.1. The lowest BCUT2D eigenvalue weighted by Crippen LogP contribution is -2.29. The van der Waals surface area contributed by atoms with Crippen molar-refractivity contribution < 1.29 is 14.8 Å². The van der Waals surface area contributed by atoms with E-state index in [1.165, 1.54) is 24.3 Å². The SMILES string of the molecule is CCNC(=O)CCNCC(O)c1ccc([N+](=O)[O-])cc1. The maximum absolute atomic E-state index is 11.2. The lowest BCUT2D eigenvalue weighted by molar-refractivity contribution is -0.384. The number of carbonyl (C=O) groups excluding carboxylic acids is 1. The van der Waals surface area contributed by atoms with Crippen molar-refractivity contribution in [2.45, 2.75) is 19.4 Å². The van der Waals surface area contributed by atoms with Gasteiger partial charge in [0.15, 0.2) is 0 Å². The van der Waals surface area contributed by atoms with E-state index >= 15 is 0 Å². The Morgan fingerprint density at radius 3 is 2.60 bits per heavy atom. The van der Waals surface area contributed by atoms with Crippen LogP contribution in [0.25, 0.3) is 0 Å². The Bertz CT molecular complexity index is 447. The van der Waals surface area contributed by atoms with Gasteiger partial charge in [0.05, 0.1) is 11.0 Å². The molecule has 0 aliphatic rings. The van der Waals surface area contributed by atoms with E-state index in [2.05, 4.69) is 10.6 Å². The Labute approximate surface area is 117 Å². The molecule has 0 saturated carbocycles. The van der Waals surface area contributed by atoms with Crippen LogP contribution in [0.2, 0.25) is 0 Å². The fourth-order valence-corrected chi connectivity index (χ4v) is 1.66. The molecule has 0 heterocycles. The van der Waals surface area contributed by atoms with Gasteiger partial charge in [-0.15, -0.1) is 0 Å². The van der Waals surface area contributed by atoms with Crippen molar-refractivity contribution in [3.8, 4) is 0 Å². The van der Waals surface area contributed by atoms with Gasteiger partial charge >= 0.3 is 0 Å². The van der Waals surface area contributed by atoms with Crippen LogP contribution in [0.3, 0.4) is 0 Å². The Morgan fingerprint density at radius 2 is 2.05 bits per heavy atom. The van der Waals surface area contributed by atoms with E-state index in [1.54, 1.807) is 0 Å². The van der Waals surface area contributed by atoms with Crippen molar-refractivity contribution in [1.82, 2.24) is 10.6 Å². The first-order valence-electron chi connectivity index (χ1n) is 6.44. The molecule has 1 atom stereocenters. The number of non-ortho nitro benzene ring substituents is 1. The molecular weight excluding hydrogens is 262 g/mol. The summed E-state index contributed by atoms with van der Waals surface area (Å²) in [5.74, 6) is -0.0372. The van der Waals surface area contributed by atoms with Crippen LogP contribution < -0.4 is 10.6 Å². The number of aliphatic hydroxyl groups excluding tert-OH is 1. The molecule has 0 spiro atoms. The number of nitrogens with one attached hydrogen (secondary N) is 2. The number of hydrogen-bond acceptors (Lipinski definition) is 5. The molecule has 7 nitrogen and oxygen atoms in total. The molecule has 7 heteroatoms. The highest BCUT2D eigenvalue weighted by molar-refractivity contribution is 5.75. The quantitative estimate of drug-likeness (QED) is 0.370. The predicted molar refractivity (Wildman–Crippen MR) is 74.2 cm³/mol. The predicted octanol–water partition coefficient (Wildman–Crippen LogP) is 0.744. The van der Waals surface area contributed by atoms with Crippen LogP contribution in [0.1, 0.15) is 25.0 Å². The first-order valence-corrected chi connectivity index (χ1v) is 6.44. The molecule has 0 fully saturated rings. The summed E-state index contributed by atoms with van der Waals surface area (Å²) in [6.07, 6.45) is -0.411. The minimum absolute atomic E-state index is 0.00912. The summed E-state index contributed by atoms with van der Waals surface area (Å²) >= 11 is 0. The van der Waals surface area contributed by atoms with E-state index in [0.29, 0.717) is 25.1 Å². The Kier molecular flexibility index (Phi) is 6.61. The molecule has 1 aromatic rings. The number of hydrogen-bond donors (Lipinski definition) is 3. The summed E-state index contributed by atoms with van der Waals surface area (Å²) in [7, 11) is 0. The average Bonchev–Trinajstić information content (AvgIpc) is 2.43. The summed E-state index contributed by atoms with van der Waals surface area (Å²) in [6, 6.07) is 5.75. The molecule has 0 aromatic heterocycles. The third kappa shape index (κ3) is 5.33. The monoisotopic (exact) mass is 281 g/mol. The van der Waals surface area contributed by atoms with E-state index in [0.717, 1.165) is 0 Å². The van der Waals surface area contributed by atoms with E-state index in [-0.39, 0.29) is 18.1 Å². The third-order valence-electron chi connectivity index (χ3n) is 2.73. The van der Waals surface area contributed by atoms with Crippen LogP contribution in [0.4, 0.5) is 5.69 Å². The van der Waals surface area contributed by atoms with Crippen LogP contribution in [-0.4, -0.2) is 35.6 Å². The van der Waals surface area contributed by atoms with E-state index < -0.39 is 11.0 Å². The normalized spacial score (nSPS) is 11.9. The van der Waals surface area contributed by atoms with Crippen molar-refractivity contribution in [3.05, 3.63) is 39.9 Å². The van der Waals surface area contributed by atoms with Gasteiger partial charge in [-0.25, -0.2) is 0 Å². The molecule has 1 unspecified atom stereocenters. The van der Waals surface area contributed by atoms with Crippen LogP contribution in [-0.2, 0) is 4.79 Å². The standard InChI is InChI=1S/C13H19N3O4/c1-2-15-13(18)7-8-14-9-12(17)10-3-5-11(6-4-10)16(19)20/h3-6,12,14,17H,2,7-9H2,1H3,(H,15,18). The summed E-state index contributed by atoms with van der Waals surface area (Å²) < 4.78 is 0. The summed E-state index contributed by atoms with van der Waals surface area (Å²) in [4.78, 5) is 21.2. The molecule has 1 aromatic carbocycles. The zero-order chi connectivity index (χ0) is 15.0. The molecule has 0 bridgehead atoms. The van der Waals surface area contributed by atoms with Gasteiger partial charge in [0.1, 0.15) is 0 Å². The van der Waals surface area contributed by atoms with Crippen molar-refractivity contribution in [3.63, 3.8) is 0 Å². The molecule has 20 heavy (non-hydrogen) atoms. The van der Waals surface area contributed by atoms with Crippen LogP contribution >= 0.6 is 0 Å². The molecule has 0 aliphatic carbocycles. The van der Waals surface area contributed by atoms with E-state index in [1.807, 2.05) is 6.92 Å². The third-order valence-corrected chi connectivity index (χ3v) is 2.73. The molecule has 3 N–H and O–H groups in total. The highest BCUT2D eigenvalue weighted by Crippen LogP contribution is 2.17. The van der Waals surface area contributed by atoms with E-state index in [9.17, 15) is 20.0 Å². The van der Waals surface area contributed by atoms with Gasteiger partial charge in [-0.05, 0) is 24.6 Å². The number of nitrogens with zero attached hydrogens (tertiary/aromatic N) is 1. The van der Waals surface area contributed by atoms with E-state index in [4.69, 9.17) is 0 Å². The van der Waals surface area contributed by atoms with Gasteiger partial charge in [-0.3, -0.25) is 14.9 Å². The Hall–Kier alpha value is -1.99. The van der Waals surface area contributed by atoms with Crippen molar-refractivity contribution in [2.75, 3.05) is 19.6 Å². The van der Waals surface area contributed by atoms with Crippen molar-refractivity contribution in [1.29, 1.82) is 0 Å². The number of nitro groups is 1. The molecule has 110 valence electrons. The van der Waals surface area contributed by atoms with Crippen molar-refractivity contribution >= 4 is 11.6 Å². The van der Waals surface area contributed by atoms with Gasteiger partial charge in [0.25, 0.3) is 5.69 Å². The fraction of sp³-hybridized carbons (Fsp3) is 0.462. The minimum Gasteiger partial charge on any atom is -0.387 e. The number of aliphatic hydroxyl groups is 1. The van der Waals surface area contributed by atoms with Crippen molar-refractivity contribution in [2.24, 2.45) is 0 Å². The number of amides is 1. The second-order valence-electron chi connectivity index (χ2n) is 4.27. The van der Waals surface area contributed by atoms with Gasteiger partial charge in [-0.1, -0.05) is 0 Å². The number of nitro benzene ring substituents is 1. The summed E-state index contributed by atoms with van der Waals surface area (Å²) in [5, 5.41) is 26.0. The lowest BCUT2D eigenvalue weighted by Gasteiger charge is -2.12. The highest BCUT2D eigenvalue weighted by Gasteiger charge is 2.10. The number of carbonyl (C=O) groups is 1. The van der Waals surface area contributed by atoms with Gasteiger partial charge in [-0.2, -0.15) is 0 Å². The van der Waals surface area contributed by atoms with Gasteiger partial charge in [0, 0.05) is 38.2 Å². The topological polar surface area (TPSA) is 104 Å². The largest absolute Gasteiger partial charge is 0.387 e. The maximum Gasteiger partial charge on any atom is 0.269 e. The van der Waals surface area contributed by atoms with Gasteiger partial charge < -0.3 is 15.7 Å². The molecule has 0 aliphatic heterocycles. The number of benzene rings is 1. The zero-order valence-electron chi connectivity index (χ0n) is 11.3. The van der Waals surface area contributed by atoms with Crippen LogP contribution in [0.15, 0.2) is 24.3 Å². The number of rotatable bonds is 8. The smallest absolute Gasteiger partial charge is 0.269 e. The molecule has 0 radical (unpaired) electrons. The molecular formula is C13H19N3O4. The average molecular weight is 281 g/mol. The highest BCUT2D eigenvalue weighted by atomic mass is 16.6. The molecule has 1 rings (SSSR count). The first kappa shape index (κ1) is 16.1. The van der Waals surface area contributed by atoms with Crippen LogP contribution in [0.5, 0.6) is 0 Å². The summed E-state index contributed by atoms with van der Waals surface area (Å²) in [5.41, 5.74) is 0.589. The second-order valence-corrected chi connectivity index (χ2v) is 4.27. The Morgan fingerprint density at radius 1 is 1.40 bits per heavy atom. The summed E-state index contributed by atoms with van der Waals surface area (Å²) in [6.45, 7) is 3.21. The molecule has 0 saturated heterocycles. The Balaban J connectivity index is 2.33. The van der Waals surface area contributed by atoms with Gasteiger partial charge in [0.2, 0.25) is 5.91 Å². The second kappa shape index (κ2) is 8.23.